The lowest BCUT2D eigenvalue weighted by atomic mass is 10.4. The standard InChI is InChI=1S/C9H9N3O2/c1-12-7(5-13)11-8-6(14-2)3-4-10-9(8)12/h3-5H,1-2H3. The van der Waals surface area contributed by atoms with E-state index in [1.807, 2.05) is 0 Å². The van der Waals surface area contributed by atoms with Crippen LogP contribution in [0.25, 0.3) is 11.2 Å². The molecule has 0 saturated carbocycles. The highest BCUT2D eigenvalue weighted by molar-refractivity contribution is 5.84. The summed E-state index contributed by atoms with van der Waals surface area (Å²) >= 11 is 0. The fourth-order valence-corrected chi connectivity index (χ4v) is 1.34. The van der Waals surface area contributed by atoms with Crippen LogP contribution < -0.4 is 4.74 Å². The Hall–Kier alpha value is -1.91. The number of imidazole rings is 1. The number of aromatic nitrogens is 3. The van der Waals surface area contributed by atoms with E-state index in [0.29, 0.717) is 29.0 Å². The van der Waals surface area contributed by atoms with Crippen molar-refractivity contribution in [2.75, 3.05) is 7.11 Å². The summed E-state index contributed by atoms with van der Waals surface area (Å²) in [5.74, 6) is 0.968. The lowest BCUT2D eigenvalue weighted by molar-refractivity contribution is 0.111. The highest BCUT2D eigenvalue weighted by Crippen LogP contribution is 2.22. The van der Waals surface area contributed by atoms with Gasteiger partial charge in [0, 0.05) is 19.3 Å². The lowest BCUT2D eigenvalue weighted by Crippen LogP contribution is -1.95. The number of fused-ring (bicyclic) bond motifs is 1. The van der Waals surface area contributed by atoms with E-state index in [1.165, 1.54) is 0 Å². The van der Waals surface area contributed by atoms with E-state index in [2.05, 4.69) is 9.97 Å². The molecular weight excluding hydrogens is 182 g/mol. The minimum Gasteiger partial charge on any atom is -0.494 e. The zero-order chi connectivity index (χ0) is 10.1. The first-order valence-corrected chi connectivity index (χ1v) is 4.08. The van der Waals surface area contributed by atoms with Gasteiger partial charge in [-0.2, -0.15) is 0 Å². The van der Waals surface area contributed by atoms with Crippen LogP contribution in [0, 0.1) is 0 Å². The Morgan fingerprint density at radius 1 is 1.57 bits per heavy atom. The van der Waals surface area contributed by atoms with Crippen LogP contribution in [-0.2, 0) is 7.05 Å². The largest absolute Gasteiger partial charge is 0.494 e. The molecule has 2 rings (SSSR count). The Kier molecular flexibility index (Phi) is 1.92. The van der Waals surface area contributed by atoms with E-state index in [-0.39, 0.29) is 0 Å². The van der Waals surface area contributed by atoms with Gasteiger partial charge in [0.15, 0.2) is 23.3 Å². The molecule has 0 atom stereocenters. The second-order valence-electron chi connectivity index (χ2n) is 2.83. The summed E-state index contributed by atoms with van der Waals surface area (Å²) in [6, 6.07) is 1.71. The molecule has 0 unspecified atom stereocenters. The summed E-state index contributed by atoms with van der Waals surface area (Å²) in [6.45, 7) is 0. The summed E-state index contributed by atoms with van der Waals surface area (Å²) in [7, 11) is 3.30. The fourth-order valence-electron chi connectivity index (χ4n) is 1.34. The number of aryl methyl sites for hydroxylation is 1. The first-order valence-electron chi connectivity index (χ1n) is 4.08. The first kappa shape index (κ1) is 8.68. The van der Waals surface area contributed by atoms with Crippen molar-refractivity contribution in [1.29, 1.82) is 0 Å². The number of pyridine rings is 1. The van der Waals surface area contributed by atoms with Crippen LogP contribution in [0.15, 0.2) is 12.3 Å². The zero-order valence-corrected chi connectivity index (χ0v) is 7.89. The van der Waals surface area contributed by atoms with Crippen LogP contribution in [0.4, 0.5) is 0 Å². The van der Waals surface area contributed by atoms with Crippen LogP contribution in [0.2, 0.25) is 0 Å². The van der Waals surface area contributed by atoms with Gasteiger partial charge in [0.1, 0.15) is 5.75 Å². The van der Waals surface area contributed by atoms with Crippen LogP contribution in [0.3, 0.4) is 0 Å². The second kappa shape index (κ2) is 3.10. The molecule has 0 radical (unpaired) electrons. The van der Waals surface area contributed by atoms with E-state index < -0.39 is 0 Å². The Morgan fingerprint density at radius 2 is 2.36 bits per heavy atom. The van der Waals surface area contributed by atoms with Crippen LogP contribution >= 0.6 is 0 Å². The molecule has 5 heteroatoms. The normalized spacial score (nSPS) is 10.4. The molecule has 14 heavy (non-hydrogen) atoms. The molecule has 72 valence electrons. The number of methoxy groups -OCH3 is 1. The summed E-state index contributed by atoms with van der Waals surface area (Å²) in [4.78, 5) is 18.9. The molecule has 2 heterocycles. The van der Waals surface area contributed by atoms with Crippen molar-refractivity contribution in [1.82, 2.24) is 14.5 Å². The Morgan fingerprint density at radius 3 is 3.00 bits per heavy atom. The molecule has 0 aromatic carbocycles. The van der Waals surface area contributed by atoms with E-state index in [0.717, 1.165) is 0 Å². The van der Waals surface area contributed by atoms with Gasteiger partial charge in [-0.25, -0.2) is 9.97 Å². The molecule has 2 aromatic heterocycles. The van der Waals surface area contributed by atoms with Gasteiger partial charge in [-0.3, -0.25) is 4.79 Å². The summed E-state index contributed by atoms with van der Waals surface area (Å²) in [6.07, 6.45) is 2.32. The van der Waals surface area contributed by atoms with Crippen molar-refractivity contribution in [2.24, 2.45) is 7.05 Å². The van der Waals surface area contributed by atoms with Crippen LogP contribution in [-0.4, -0.2) is 27.9 Å². The van der Waals surface area contributed by atoms with Gasteiger partial charge in [0.25, 0.3) is 0 Å². The average molecular weight is 191 g/mol. The molecule has 0 N–H and O–H groups in total. The number of hydrogen-bond donors (Lipinski definition) is 0. The summed E-state index contributed by atoms with van der Waals surface area (Å²) < 4.78 is 6.74. The molecule has 0 fully saturated rings. The molecule has 0 aliphatic carbocycles. The molecule has 0 spiro atoms. The third-order valence-electron chi connectivity index (χ3n) is 2.08. The Labute approximate surface area is 80.3 Å². The van der Waals surface area contributed by atoms with Crippen molar-refractivity contribution in [2.45, 2.75) is 0 Å². The smallest absolute Gasteiger partial charge is 0.185 e. The number of aldehydes is 1. The minimum absolute atomic E-state index is 0.344. The third-order valence-corrected chi connectivity index (χ3v) is 2.08. The van der Waals surface area contributed by atoms with Gasteiger partial charge in [0.2, 0.25) is 0 Å². The molecule has 0 aliphatic rings. The van der Waals surface area contributed by atoms with Gasteiger partial charge in [-0.05, 0) is 0 Å². The predicted molar refractivity (Wildman–Crippen MR) is 50.4 cm³/mol. The van der Waals surface area contributed by atoms with Crippen molar-refractivity contribution in [3.63, 3.8) is 0 Å². The molecular formula is C9H9N3O2. The summed E-state index contributed by atoms with van der Waals surface area (Å²) in [5, 5.41) is 0. The number of ether oxygens (including phenoxy) is 1. The summed E-state index contributed by atoms with van der Waals surface area (Å²) in [5.41, 5.74) is 1.26. The number of carbonyl (C=O) groups excluding carboxylic acids is 1. The fraction of sp³-hybridized carbons (Fsp3) is 0.222. The minimum atomic E-state index is 0.344. The van der Waals surface area contributed by atoms with Crippen molar-refractivity contribution in [3.05, 3.63) is 18.1 Å². The molecule has 0 aliphatic heterocycles. The lowest BCUT2D eigenvalue weighted by Gasteiger charge is -1.98. The van der Waals surface area contributed by atoms with Gasteiger partial charge in [-0.1, -0.05) is 0 Å². The van der Waals surface area contributed by atoms with Crippen LogP contribution in [0.1, 0.15) is 10.6 Å². The maximum atomic E-state index is 10.6. The predicted octanol–water partition coefficient (Wildman–Crippen LogP) is 0.789. The topological polar surface area (TPSA) is 57.0 Å². The molecule has 0 saturated heterocycles. The molecule has 0 bridgehead atoms. The third kappa shape index (κ3) is 1.06. The highest BCUT2D eigenvalue weighted by atomic mass is 16.5. The van der Waals surface area contributed by atoms with Gasteiger partial charge in [-0.15, -0.1) is 0 Å². The average Bonchev–Trinajstić information content (AvgIpc) is 2.55. The number of rotatable bonds is 2. The van der Waals surface area contributed by atoms with Crippen molar-refractivity contribution < 1.29 is 9.53 Å². The zero-order valence-electron chi connectivity index (χ0n) is 7.89. The highest BCUT2D eigenvalue weighted by Gasteiger charge is 2.11. The monoisotopic (exact) mass is 191 g/mol. The molecule has 5 nitrogen and oxygen atoms in total. The molecule has 0 amide bonds. The quantitative estimate of drug-likeness (QED) is 0.658. The van der Waals surface area contributed by atoms with E-state index in [4.69, 9.17) is 4.74 Å². The maximum Gasteiger partial charge on any atom is 0.185 e. The number of hydrogen-bond acceptors (Lipinski definition) is 4. The van der Waals surface area contributed by atoms with Gasteiger partial charge < -0.3 is 9.30 Å². The SMILES string of the molecule is COc1ccnc2c1nc(C=O)n2C. The Balaban J connectivity index is 2.83. The van der Waals surface area contributed by atoms with E-state index >= 15 is 0 Å². The maximum absolute atomic E-state index is 10.6. The second-order valence-corrected chi connectivity index (χ2v) is 2.83. The number of carbonyl (C=O) groups is 1. The van der Waals surface area contributed by atoms with Crippen molar-refractivity contribution >= 4 is 17.5 Å². The van der Waals surface area contributed by atoms with Crippen LogP contribution in [0.5, 0.6) is 5.75 Å². The van der Waals surface area contributed by atoms with Gasteiger partial charge >= 0.3 is 0 Å². The Bertz CT molecular complexity index is 490. The molecule has 2 aromatic rings. The van der Waals surface area contributed by atoms with Gasteiger partial charge in [0.05, 0.1) is 7.11 Å². The van der Waals surface area contributed by atoms with Crippen molar-refractivity contribution in [3.8, 4) is 5.75 Å². The first-order chi connectivity index (χ1) is 6.77. The van der Waals surface area contributed by atoms with E-state index in [1.54, 1.807) is 31.0 Å². The van der Waals surface area contributed by atoms with E-state index in [9.17, 15) is 4.79 Å². The number of nitrogens with zero attached hydrogens (tertiary/aromatic N) is 3.